The summed E-state index contributed by atoms with van der Waals surface area (Å²) in [6.45, 7) is 2.96. The fourth-order valence-electron chi connectivity index (χ4n) is 1.76. The van der Waals surface area contributed by atoms with Crippen molar-refractivity contribution in [3.63, 3.8) is 0 Å². The molecule has 2 rings (SSSR count). The van der Waals surface area contributed by atoms with Crippen LogP contribution in [0.1, 0.15) is 19.8 Å². The van der Waals surface area contributed by atoms with Crippen LogP contribution < -0.4 is 16.2 Å². The molecule has 7 nitrogen and oxygen atoms in total. The van der Waals surface area contributed by atoms with Crippen LogP contribution in [-0.2, 0) is 11.3 Å². The summed E-state index contributed by atoms with van der Waals surface area (Å²) in [6.07, 6.45) is 2.11. The number of para-hydroxylation sites is 1. The number of benzene rings is 1. The molecule has 1 aromatic carbocycles. The van der Waals surface area contributed by atoms with E-state index >= 15 is 0 Å². The van der Waals surface area contributed by atoms with Gasteiger partial charge in [0.25, 0.3) is 5.91 Å². The first kappa shape index (κ1) is 15.2. The number of unbranched alkanes of at least 4 members (excludes halogenated alkanes) is 1. The second-order valence-corrected chi connectivity index (χ2v) is 4.93. The van der Waals surface area contributed by atoms with Gasteiger partial charge in [-0.25, -0.2) is 4.68 Å². The lowest BCUT2D eigenvalue weighted by molar-refractivity contribution is -0.122. The summed E-state index contributed by atoms with van der Waals surface area (Å²) < 4.78 is 1.54. The Balaban J connectivity index is 1.81. The van der Waals surface area contributed by atoms with E-state index < -0.39 is 0 Å². The van der Waals surface area contributed by atoms with Crippen LogP contribution in [0, 0.1) is 0 Å². The minimum atomic E-state index is -0.245. The fraction of sp³-hybridized carbons (Fsp3) is 0.385. The van der Waals surface area contributed by atoms with Gasteiger partial charge >= 0.3 is 0 Å². The van der Waals surface area contributed by atoms with Gasteiger partial charge in [-0.1, -0.05) is 30.7 Å². The molecule has 0 unspecified atom stereocenters. The number of nitrogens with zero attached hydrogens (tertiary/aromatic N) is 3. The molecule has 112 valence electrons. The van der Waals surface area contributed by atoms with E-state index in [1.54, 1.807) is 4.68 Å². The number of aromatic nitrogens is 3. The minimum absolute atomic E-state index is 0.0745. The molecular weight excluding hydrogens is 288 g/mol. The molecule has 0 bridgehead atoms. The minimum Gasteiger partial charge on any atom is -0.361 e. The van der Waals surface area contributed by atoms with Gasteiger partial charge in [0.05, 0.1) is 5.52 Å². The standard InChI is InChI=1S/C13H18N6OS/c1-2-3-8-14-13(21)17-16-12(20)9-19-11-7-5-4-6-10(11)15-18-19/h4-7H,2-3,8-9H2,1H3,(H,16,20)(H2,14,17,21). The van der Waals surface area contributed by atoms with Crippen molar-refractivity contribution in [3.05, 3.63) is 24.3 Å². The molecule has 0 atom stereocenters. The molecule has 0 aliphatic carbocycles. The molecular formula is C13H18N6OS. The quantitative estimate of drug-likeness (QED) is 0.429. The largest absolute Gasteiger partial charge is 0.361 e. The highest BCUT2D eigenvalue weighted by Crippen LogP contribution is 2.08. The van der Waals surface area contributed by atoms with Gasteiger partial charge in [-0.15, -0.1) is 5.10 Å². The molecule has 0 saturated heterocycles. The Morgan fingerprint density at radius 2 is 2.14 bits per heavy atom. The van der Waals surface area contributed by atoms with Crippen LogP contribution in [0.25, 0.3) is 11.0 Å². The predicted molar refractivity (Wildman–Crippen MR) is 84.3 cm³/mol. The van der Waals surface area contributed by atoms with Crippen LogP contribution >= 0.6 is 12.2 Å². The van der Waals surface area contributed by atoms with Gasteiger partial charge < -0.3 is 5.32 Å². The number of hydrogen-bond donors (Lipinski definition) is 3. The van der Waals surface area contributed by atoms with Crippen LogP contribution in [-0.4, -0.2) is 32.6 Å². The van der Waals surface area contributed by atoms with E-state index in [0.29, 0.717) is 5.11 Å². The zero-order valence-electron chi connectivity index (χ0n) is 11.8. The molecule has 21 heavy (non-hydrogen) atoms. The highest BCUT2D eigenvalue weighted by atomic mass is 32.1. The second-order valence-electron chi connectivity index (χ2n) is 4.52. The highest BCUT2D eigenvalue weighted by Gasteiger charge is 2.08. The number of carbonyl (C=O) groups is 1. The lowest BCUT2D eigenvalue weighted by atomic mass is 10.3. The molecule has 0 aliphatic heterocycles. The van der Waals surface area contributed by atoms with Crippen molar-refractivity contribution in [1.82, 2.24) is 31.2 Å². The molecule has 3 N–H and O–H groups in total. The van der Waals surface area contributed by atoms with Gasteiger partial charge in [0.15, 0.2) is 5.11 Å². The Bertz CT molecular complexity index is 626. The van der Waals surface area contributed by atoms with Gasteiger partial charge in [0, 0.05) is 6.54 Å². The number of nitrogens with one attached hydrogen (secondary N) is 3. The van der Waals surface area contributed by atoms with Gasteiger partial charge in [-0.3, -0.25) is 15.6 Å². The molecule has 2 aromatic rings. The van der Waals surface area contributed by atoms with Crippen molar-refractivity contribution in [2.24, 2.45) is 0 Å². The van der Waals surface area contributed by atoms with E-state index in [9.17, 15) is 4.79 Å². The second kappa shape index (κ2) is 7.53. The Morgan fingerprint density at radius 1 is 1.33 bits per heavy atom. The van der Waals surface area contributed by atoms with E-state index in [1.807, 2.05) is 24.3 Å². The smallest absolute Gasteiger partial charge is 0.260 e. The lowest BCUT2D eigenvalue weighted by Crippen LogP contribution is -2.48. The first-order valence-corrected chi connectivity index (χ1v) is 7.22. The maximum absolute atomic E-state index is 11.8. The van der Waals surface area contributed by atoms with Crippen molar-refractivity contribution < 1.29 is 4.79 Å². The number of hydrazine groups is 1. The van der Waals surface area contributed by atoms with E-state index in [-0.39, 0.29) is 12.5 Å². The van der Waals surface area contributed by atoms with Crippen LogP contribution in [0.5, 0.6) is 0 Å². The summed E-state index contributed by atoms with van der Waals surface area (Å²) in [5.74, 6) is -0.245. The Labute approximate surface area is 128 Å². The highest BCUT2D eigenvalue weighted by molar-refractivity contribution is 7.80. The summed E-state index contributed by atoms with van der Waals surface area (Å²) in [6, 6.07) is 7.48. The summed E-state index contributed by atoms with van der Waals surface area (Å²) in [5.41, 5.74) is 6.77. The number of rotatable bonds is 5. The zero-order chi connectivity index (χ0) is 15.1. The van der Waals surface area contributed by atoms with E-state index in [1.165, 1.54) is 0 Å². The van der Waals surface area contributed by atoms with E-state index in [4.69, 9.17) is 12.2 Å². The van der Waals surface area contributed by atoms with Gasteiger partial charge in [0.1, 0.15) is 12.1 Å². The molecule has 0 radical (unpaired) electrons. The van der Waals surface area contributed by atoms with Crippen LogP contribution in [0.4, 0.5) is 0 Å². The molecule has 0 aliphatic rings. The van der Waals surface area contributed by atoms with Crippen LogP contribution in [0.15, 0.2) is 24.3 Å². The van der Waals surface area contributed by atoms with Gasteiger partial charge in [0.2, 0.25) is 0 Å². The predicted octanol–water partition coefficient (Wildman–Crippen LogP) is 0.727. The summed E-state index contributed by atoms with van der Waals surface area (Å²) in [4.78, 5) is 11.8. The normalized spacial score (nSPS) is 10.3. The molecule has 1 heterocycles. The summed E-state index contributed by atoms with van der Waals surface area (Å²) in [7, 11) is 0. The van der Waals surface area contributed by atoms with Crippen molar-refractivity contribution >= 4 is 34.3 Å². The average Bonchev–Trinajstić information content (AvgIpc) is 2.89. The van der Waals surface area contributed by atoms with Crippen molar-refractivity contribution in [2.75, 3.05) is 6.54 Å². The Morgan fingerprint density at radius 3 is 2.95 bits per heavy atom. The third-order valence-corrected chi connectivity index (χ3v) is 3.09. The Kier molecular flexibility index (Phi) is 5.44. The van der Waals surface area contributed by atoms with E-state index in [2.05, 4.69) is 33.4 Å². The SMILES string of the molecule is CCCCNC(=S)NNC(=O)Cn1nnc2ccccc21. The third-order valence-electron chi connectivity index (χ3n) is 2.84. The zero-order valence-corrected chi connectivity index (χ0v) is 12.6. The number of amides is 1. The van der Waals surface area contributed by atoms with Crippen molar-refractivity contribution in [1.29, 1.82) is 0 Å². The maximum atomic E-state index is 11.8. The van der Waals surface area contributed by atoms with Gasteiger partial charge in [-0.2, -0.15) is 0 Å². The molecule has 1 amide bonds. The first-order chi connectivity index (χ1) is 10.2. The first-order valence-electron chi connectivity index (χ1n) is 6.81. The van der Waals surface area contributed by atoms with Crippen LogP contribution in [0.3, 0.4) is 0 Å². The fourth-order valence-corrected chi connectivity index (χ4v) is 1.91. The van der Waals surface area contributed by atoms with Gasteiger partial charge in [-0.05, 0) is 30.8 Å². The number of thiocarbonyl (C=S) groups is 1. The topological polar surface area (TPSA) is 83.9 Å². The Hall–Kier alpha value is -2.22. The monoisotopic (exact) mass is 306 g/mol. The van der Waals surface area contributed by atoms with E-state index in [0.717, 1.165) is 30.4 Å². The van der Waals surface area contributed by atoms with Crippen LogP contribution in [0.2, 0.25) is 0 Å². The lowest BCUT2D eigenvalue weighted by Gasteiger charge is -2.11. The molecule has 1 aromatic heterocycles. The molecule has 0 saturated carbocycles. The molecule has 0 spiro atoms. The summed E-state index contributed by atoms with van der Waals surface area (Å²) in [5, 5.41) is 11.3. The van der Waals surface area contributed by atoms with Crippen molar-refractivity contribution in [3.8, 4) is 0 Å². The number of fused-ring (bicyclic) bond motifs is 1. The summed E-state index contributed by atoms with van der Waals surface area (Å²) >= 11 is 5.04. The molecule has 0 fully saturated rings. The maximum Gasteiger partial charge on any atom is 0.260 e. The number of carbonyl (C=O) groups excluding carboxylic acids is 1. The average molecular weight is 306 g/mol. The van der Waals surface area contributed by atoms with Crippen molar-refractivity contribution in [2.45, 2.75) is 26.3 Å². The molecule has 8 heteroatoms. The third kappa shape index (κ3) is 4.38. The number of hydrogen-bond acceptors (Lipinski definition) is 4.